The lowest BCUT2D eigenvalue weighted by molar-refractivity contribution is -0.147. The molecule has 148 valence electrons. The van der Waals surface area contributed by atoms with Crippen LogP contribution in [-0.2, 0) is 23.9 Å². The number of carbonyl (C=O) groups excluding carboxylic acids is 3. The van der Waals surface area contributed by atoms with Crippen LogP contribution >= 0.6 is 0 Å². The Kier molecular flexibility index (Phi) is 8.87. The quantitative estimate of drug-likeness (QED) is 0.402. The summed E-state index contributed by atoms with van der Waals surface area (Å²) in [6.45, 7) is 3.77. The number of unbranched alkanes of at least 4 members (excludes halogenated alkanes) is 1. The summed E-state index contributed by atoms with van der Waals surface area (Å²) in [5, 5.41) is 14.7. The van der Waals surface area contributed by atoms with Crippen LogP contribution in [0.4, 0.5) is 4.79 Å². The van der Waals surface area contributed by atoms with Crippen molar-refractivity contribution < 1.29 is 33.8 Å². The van der Waals surface area contributed by atoms with Gasteiger partial charge in [0, 0.05) is 20.0 Å². The predicted molar refractivity (Wildman–Crippen MR) is 91.2 cm³/mol. The van der Waals surface area contributed by atoms with Gasteiger partial charge in [-0.15, -0.1) is 0 Å². The second-order valence-electron chi connectivity index (χ2n) is 6.45. The summed E-state index contributed by atoms with van der Waals surface area (Å²) in [4.78, 5) is 46.7. The van der Waals surface area contributed by atoms with Crippen molar-refractivity contribution in [2.45, 2.75) is 33.1 Å². The van der Waals surface area contributed by atoms with Crippen LogP contribution in [0.25, 0.3) is 0 Å². The van der Waals surface area contributed by atoms with Crippen molar-refractivity contribution in [3.8, 4) is 0 Å². The second-order valence-corrected chi connectivity index (χ2v) is 6.45. The first-order valence-electron chi connectivity index (χ1n) is 8.77. The third-order valence-corrected chi connectivity index (χ3v) is 4.71. The number of hydrogen-bond acceptors (Lipinski definition) is 6. The first-order chi connectivity index (χ1) is 12.3. The number of alkyl carbamates (subject to hydrolysis) is 1. The number of ether oxygens (including phenoxy) is 2. The summed E-state index contributed by atoms with van der Waals surface area (Å²) < 4.78 is 9.79. The molecule has 2 amide bonds. The first-order valence-corrected chi connectivity index (χ1v) is 8.77. The van der Waals surface area contributed by atoms with Crippen LogP contribution in [0, 0.1) is 23.7 Å². The van der Waals surface area contributed by atoms with Gasteiger partial charge < -0.3 is 25.2 Å². The minimum Gasteiger partial charge on any atom is -0.481 e. The maximum absolute atomic E-state index is 12.1. The molecular formula is C17H28N2O7. The van der Waals surface area contributed by atoms with Crippen LogP contribution in [-0.4, -0.2) is 55.9 Å². The molecule has 0 heterocycles. The fourth-order valence-corrected chi connectivity index (χ4v) is 3.34. The first kappa shape index (κ1) is 21.7. The lowest BCUT2D eigenvalue weighted by Crippen LogP contribution is -2.41. The molecule has 0 saturated heterocycles. The van der Waals surface area contributed by atoms with Crippen molar-refractivity contribution in [2.75, 3.05) is 26.8 Å². The van der Waals surface area contributed by atoms with Crippen molar-refractivity contribution in [1.82, 2.24) is 10.6 Å². The summed E-state index contributed by atoms with van der Waals surface area (Å²) >= 11 is 0. The van der Waals surface area contributed by atoms with Gasteiger partial charge in [-0.3, -0.25) is 14.4 Å². The smallest absolute Gasteiger partial charge is 0.407 e. The van der Waals surface area contributed by atoms with E-state index in [9.17, 15) is 24.3 Å². The average molecular weight is 372 g/mol. The zero-order valence-corrected chi connectivity index (χ0v) is 15.4. The predicted octanol–water partition coefficient (Wildman–Crippen LogP) is 0.775. The van der Waals surface area contributed by atoms with E-state index in [1.807, 2.05) is 6.92 Å². The Labute approximate surface area is 152 Å². The Morgan fingerprint density at radius 2 is 1.69 bits per heavy atom. The molecule has 0 aromatic carbocycles. The fraction of sp³-hybridized carbons (Fsp3) is 0.765. The molecule has 0 aromatic rings. The van der Waals surface area contributed by atoms with Crippen molar-refractivity contribution in [1.29, 1.82) is 0 Å². The van der Waals surface area contributed by atoms with E-state index in [0.717, 1.165) is 12.8 Å². The van der Waals surface area contributed by atoms with Gasteiger partial charge in [0.2, 0.25) is 5.91 Å². The Hall–Kier alpha value is -2.32. The van der Waals surface area contributed by atoms with E-state index in [1.165, 1.54) is 14.0 Å². The van der Waals surface area contributed by atoms with Crippen molar-refractivity contribution in [3.05, 3.63) is 0 Å². The largest absolute Gasteiger partial charge is 0.481 e. The van der Waals surface area contributed by atoms with Gasteiger partial charge in [-0.25, -0.2) is 4.79 Å². The summed E-state index contributed by atoms with van der Waals surface area (Å²) in [5.41, 5.74) is 0. The lowest BCUT2D eigenvalue weighted by Gasteiger charge is -2.25. The monoisotopic (exact) mass is 372 g/mol. The Bertz CT molecular complexity index is 523. The number of rotatable bonds is 9. The molecule has 1 saturated carbocycles. The Balaban J connectivity index is 2.84. The van der Waals surface area contributed by atoms with Crippen LogP contribution in [0.3, 0.4) is 0 Å². The third kappa shape index (κ3) is 6.20. The van der Waals surface area contributed by atoms with Gasteiger partial charge in [0.25, 0.3) is 0 Å². The topological polar surface area (TPSA) is 131 Å². The molecule has 1 fully saturated rings. The van der Waals surface area contributed by atoms with E-state index in [2.05, 4.69) is 10.6 Å². The van der Waals surface area contributed by atoms with E-state index in [-0.39, 0.29) is 32.0 Å². The van der Waals surface area contributed by atoms with Crippen LogP contribution < -0.4 is 10.6 Å². The molecule has 0 aromatic heterocycles. The number of hydrogen-bond donors (Lipinski definition) is 3. The maximum Gasteiger partial charge on any atom is 0.407 e. The molecule has 0 radical (unpaired) electrons. The molecule has 0 spiro atoms. The van der Waals surface area contributed by atoms with Crippen LogP contribution in [0.2, 0.25) is 0 Å². The Morgan fingerprint density at radius 3 is 2.23 bits per heavy atom. The highest BCUT2D eigenvalue weighted by Gasteiger charge is 2.49. The number of methoxy groups -OCH3 is 1. The number of carboxylic acid groups (broad SMARTS) is 1. The zero-order valence-electron chi connectivity index (χ0n) is 15.4. The number of nitrogens with one attached hydrogen (secondary N) is 2. The van der Waals surface area contributed by atoms with Crippen LogP contribution in [0.5, 0.6) is 0 Å². The average Bonchev–Trinajstić information content (AvgIpc) is 2.96. The molecule has 0 unspecified atom stereocenters. The van der Waals surface area contributed by atoms with E-state index in [1.54, 1.807) is 0 Å². The number of carboxylic acids is 1. The van der Waals surface area contributed by atoms with Gasteiger partial charge in [0.05, 0.1) is 25.6 Å². The molecule has 0 aliphatic heterocycles. The summed E-state index contributed by atoms with van der Waals surface area (Å²) in [5.74, 6) is -4.30. The van der Waals surface area contributed by atoms with Crippen LogP contribution in [0.15, 0.2) is 0 Å². The van der Waals surface area contributed by atoms with E-state index in [0.29, 0.717) is 0 Å². The summed E-state index contributed by atoms with van der Waals surface area (Å²) in [6, 6.07) is 0. The summed E-state index contributed by atoms with van der Waals surface area (Å²) in [7, 11) is 1.24. The molecular weight excluding hydrogens is 344 g/mol. The minimum atomic E-state index is -1.05. The van der Waals surface area contributed by atoms with E-state index >= 15 is 0 Å². The molecule has 3 N–H and O–H groups in total. The molecule has 9 nitrogen and oxygen atoms in total. The van der Waals surface area contributed by atoms with E-state index in [4.69, 9.17) is 9.47 Å². The zero-order chi connectivity index (χ0) is 19.7. The molecule has 4 atom stereocenters. The highest BCUT2D eigenvalue weighted by atomic mass is 16.5. The second kappa shape index (κ2) is 10.6. The van der Waals surface area contributed by atoms with Gasteiger partial charge in [-0.05, 0) is 24.7 Å². The maximum atomic E-state index is 12.1. The number of amides is 2. The van der Waals surface area contributed by atoms with Crippen molar-refractivity contribution >= 4 is 23.9 Å². The molecule has 1 aliphatic rings. The highest BCUT2D eigenvalue weighted by molar-refractivity contribution is 5.78. The molecule has 26 heavy (non-hydrogen) atoms. The van der Waals surface area contributed by atoms with Gasteiger partial charge in [0.1, 0.15) is 0 Å². The molecule has 9 heteroatoms. The molecule has 1 aliphatic carbocycles. The minimum absolute atomic E-state index is 0.0413. The normalized spacial score (nSPS) is 24.6. The van der Waals surface area contributed by atoms with Crippen molar-refractivity contribution in [2.24, 2.45) is 23.7 Å². The fourth-order valence-electron chi connectivity index (χ4n) is 3.34. The van der Waals surface area contributed by atoms with Gasteiger partial charge in [-0.1, -0.05) is 13.3 Å². The lowest BCUT2D eigenvalue weighted by atomic mass is 9.86. The third-order valence-electron chi connectivity index (χ3n) is 4.71. The molecule has 1 rings (SSSR count). The standard InChI is InChI=1S/C17H28N2O7/c1-4-5-6-26-17(24)19-9-13-11(15(21)22)7-12(16(23)25-3)14(13)8-18-10(2)20/h11-14H,4-9H2,1-3H3,(H,18,20)(H,19,24)(H,21,22)/t11-,12+,13+,14-/m0/s1. The number of carbonyl (C=O) groups is 4. The number of esters is 1. The number of aliphatic carboxylic acids is 1. The highest BCUT2D eigenvalue weighted by Crippen LogP contribution is 2.42. The molecule has 0 bridgehead atoms. The van der Waals surface area contributed by atoms with Gasteiger partial charge >= 0.3 is 18.0 Å². The van der Waals surface area contributed by atoms with Crippen LogP contribution in [0.1, 0.15) is 33.1 Å². The SMILES string of the molecule is CCCCOC(=O)NC[C@H]1[C@@H](CNC(C)=O)[C@H](C(=O)OC)C[C@@H]1C(=O)O. The van der Waals surface area contributed by atoms with Gasteiger partial charge in [0.15, 0.2) is 0 Å². The Morgan fingerprint density at radius 1 is 1.08 bits per heavy atom. The van der Waals surface area contributed by atoms with Gasteiger partial charge in [-0.2, -0.15) is 0 Å². The van der Waals surface area contributed by atoms with Crippen molar-refractivity contribution in [3.63, 3.8) is 0 Å². The summed E-state index contributed by atoms with van der Waals surface area (Å²) in [6.07, 6.45) is 1.10. The van der Waals surface area contributed by atoms with E-state index < -0.39 is 41.7 Å².